The van der Waals surface area contributed by atoms with E-state index in [0.717, 1.165) is 16.9 Å². The van der Waals surface area contributed by atoms with Crippen LogP contribution in [0.5, 0.6) is 0 Å². The largest absolute Gasteiger partial charge is 0.479 e. The highest BCUT2D eigenvalue weighted by Crippen LogP contribution is 2.34. The van der Waals surface area contributed by atoms with Crippen LogP contribution < -0.4 is 5.32 Å². The van der Waals surface area contributed by atoms with Crippen LogP contribution in [0.2, 0.25) is 0 Å². The molecular formula is C14H20N2O3S. The fraction of sp³-hybridized carbons (Fsp3) is 0.571. The van der Waals surface area contributed by atoms with Gasteiger partial charge in [-0.2, -0.15) is 0 Å². The predicted octanol–water partition coefficient (Wildman–Crippen LogP) is 1.65. The topological polar surface area (TPSA) is 69.6 Å². The summed E-state index contributed by atoms with van der Waals surface area (Å²) in [5.74, 6) is -1.13. The lowest BCUT2D eigenvalue weighted by atomic mass is 9.95. The third-order valence-electron chi connectivity index (χ3n) is 3.61. The maximum Gasteiger partial charge on any atom is 0.331 e. The second-order valence-corrected chi connectivity index (χ2v) is 6.44. The molecule has 0 saturated carbocycles. The molecule has 2 heterocycles. The lowest BCUT2D eigenvalue weighted by molar-refractivity contribution is -0.153. The number of carboxylic acid groups (broad SMARTS) is 1. The van der Waals surface area contributed by atoms with E-state index in [1.807, 2.05) is 18.4 Å². The normalized spacial score (nSPS) is 18.8. The summed E-state index contributed by atoms with van der Waals surface area (Å²) in [4.78, 5) is 26.8. The van der Waals surface area contributed by atoms with E-state index in [1.54, 1.807) is 25.2 Å². The third-order valence-corrected chi connectivity index (χ3v) is 4.61. The number of carboxylic acids is 1. The van der Waals surface area contributed by atoms with Gasteiger partial charge in [-0.25, -0.2) is 4.79 Å². The first kappa shape index (κ1) is 15.0. The van der Waals surface area contributed by atoms with E-state index in [4.69, 9.17) is 0 Å². The van der Waals surface area contributed by atoms with Crippen LogP contribution >= 0.6 is 11.3 Å². The molecule has 6 heteroatoms. The Bertz CT molecular complexity index is 524. The molecule has 20 heavy (non-hydrogen) atoms. The summed E-state index contributed by atoms with van der Waals surface area (Å²) < 4.78 is 0. The van der Waals surface area contributed by atoms with Crippen molar-refractivity contribution in [1.82, 2.24) is 10.2 Å². The van der Waals surface area contributed by atoms with E-state index >= 15 is 0 Å². The summed E-state index contributed by atoms with van der Waals surface area (Å²) in [7, 11) is 0. The van der Waals surface area contributed by atoms with Crippen molar-refractivity contribution in [2.24, 2.45) is 0 Å². The minimum atomic E-state index is -0.968. The fourth-order valence-corrected chi connectivity index (χ4v) is 3.58. The van der Waals surface area contributed by atoms with Crippen LogP contribution in [-0.4, -0.2) is 40.5 Å². The molecule has 1 aromatic rings. The SMILES string of the molecule is CCNC(C)(C)C(=O)N1CCc2sccc2C1C(=O)O. The zero-order valence-electron chi connectivity index (χ0n) is 12.0. The van der Waals surface area contributed by atoms with Crippen molar-refractivity contribution >= 4 is 23.2 Å². The lowest BCUT2D eigenvalue weighted by Crippen LogP contribution is -2.57. The number of hydrogen-bond donors (Lipinski definition) is 2. The zero-order valence-corrected chi connectivity index (χ0v) is 12.8. The summed E-state index contributed by atoms with van der Waals surface area (Å²) >= 11 is 1.56. The molecule has 0 spiro atoms. The van der Waals surface area contributed by atoms with Gasteiger partial charge >= 0.3 is 5.97 Å². The summed E-state index contributed by atoms with van der Waals surface area (Å²) in [6.07, 6.45) is 0.727. The van der Waals surface area contributed by atoms with Crippen molar-refractivity contribution in [2.75, 3.05) is 13.1 Å². The van der Waals surface area contributed by atoms with Gasteiger partial charge in [-0.3, -0.25) is 4.79 Å². The van der Waals surface area contributed by atoms with Crippen molar-refractivity contribution < 1.29 is 14.7 Å². The number of likely N-dealkylation sites (N-methyl/N-ethyl adjacent to an activating group) is 1. The highest BCUT2D eigenvalue weighted by Gasteiger charge is 2.41. The first-order valence-corrected chi connectivity index (χ1v) is 7.61. The number of nitrogens with one attached hydrogen (secondary N) is 1. The average molecular weight is 296 g/mol. The molecule has 0 aromatic carbocycles. The van der Waals surface area contributed by atoms with E-state index in [-0.39, 0.29) is 5.91 Å². The van der Waals surface area contributed by atoms with Gasteiger partial charge in [0.05, 0.1) is 5.54 Å². The molecule has 0 bridgehead atoms. The lowest BCUT2D eigenvalue weighted by Gasteiger charge is -2.38. The number of fused-ring (bicyclic) bond motifs is 1. The standard InChI is InChI=1S/C14H20N2O3S/c1-4-15-14(2,3)13(19)16-7-5-10-9(6-8-20-10)11(16)12(17)18/h6,8,11,15H,4-5,7H2,1-3H3,(H,17,18). The van der Waals surface area contributed by atoms with Crippen molar-refractivity contribution in [2.45, 2.75) is 38.8 Å². The van der Waals surface area contributed by atoms with Gasteiger partial charge in [0, 0.05) is 11.4 Å². The number of hydrogen-bond acceptors (Lipinski definition) is 4. The Morgan fingerprint density at radius 1 is 1.55 bits per heavy atom. The van der Waals surface area contributed by atoms with Gasteiger partial charge in [0.25, 0.3) is 0 Å². The number of carbonyl (C=O) groups is 2. The quantitative estimate of drug-likeness (QED) is 0.886. The molecule has 0 saturated heterocycles. The number of amides is 1. The zero-order chi connectivity index (χ0) is 14.9. The van der Waals surface area contributed by atoms with E-state index in [2.05, 4.69) is 5.32 Å². The predicted molar refractivity (Wildman–Crippen MR) is 77.9 cm³/mol. The second kappa shape index (κ2) is 5.54. The van der Waals surface area contributed by atoms with E-state index < -0.39 is 17.6 Å². The molecular weight excluding hydrogens is 276 g/mol. The van der Waals surface area contributed by atoms with Gasteiger partial charge in [-0.1, -0.05) is 6.92 Å². The Kier molecular flexibility index (Phi) is 4.15. The second-order valence-electron chi connectivity index (χ2n) is 5.44. The van der Waals surface area contributed by atoms with Crippen molar-refractivity contribution in [1.29, 1.82) is 0 Å². The summed E-state index contributed by atoms with van der Waals surface area (Å²) in [6.45, 7) is 6.63. The Hall–Kier alpha value is -1.40. The van der Waals surface area contributed by atoms with Crippen LogP contribution in [0.3, 0.4) is 0 Å². The van der Waals surface area contributed by atoms with Crippen LogP contribution in [-0.2, 0) is 16.0 Å². The highest BCUT2D eigenvalue weighted by atomic mass is 32.1. The molecule has 110 valence electrons. The molecule has 1 amide bonds. The Balaban J connectivity index is 2.33. The first-order chi connectivity index (χ1) is 9.38. The molecule has 0 radical (unpaired) electrons. The molecule has 1 aliphatic rings. The van der Waals surface area contributed by atoms with E-state index in [1.165, 1.54) is 4.90 Å². The molecule has 1 unspecified atom stereocenters. The highest BCUT2D eigenvalue weighted by molar-refractivity contribution is 7.10. The molecule has 1 aromatic heterocycles. The first-order valence-electron chi connectivity index (χ1n) is 6.73. The molecule has 5 nitrogen and oxygen atoms in total. The minimum absolute atomic E-state index is 0.163. The van der Waals surface area contributed by atoms with Crippen LogP contribution in [0, 0.1) is 0 Å². The number of rotatable bonds is 4. The summed E-state index contributed by atoms with van der Waals surface area (Å²) in [6, 6.07) is 0.953. The van der Waals surface area contributed by atoms with Crippen molar-refractivity contribution in [3.8, 4) is 0 Å². The van der Waals surface area contributed by atoms with Gasteiger partial charge < -0.3 is 15.3 Å². The molecule has 1 atom stereocenters. The average Bonchev–Trinajstić information content (AvgIpc) is 2.84. The smallest absolute Gasteiger partial charge is 0.331 e. The van der Waals surface area contributed by atoms with Crippen LogP contribution in [0.1, 0.15) is 37.3 Å². The maximum absolute atomic E-state index is 12.7. The Morgan fingerprint density at radius 2 is 2.25 bits per heavy atom. The fourth-order valence-electron chi connectivity index (χ4n) is 2.68. The third kappa shape index (κ3) is 2.58. The molecule has 2 rings (SSSR count). The van der Waals surface area contributed by atoms with Gasteiger partial charge in [0.1, 0.15) is 0 Å². The summed E-state index contributed by atoms with van der Waals surface area (Å²) in [5, 5.41) is 14.5. The molecule has 1 aliphatic heterocycles. The number of nitrogens with zero attached hydrogens (tertiary/aromatic N) is 1. The molecule has 2 N–H and O–H groups in total. The van der Waals surface area contributed by atoms with Crippen LogP contribution in [0.4, 0.5) is 0 Å². The molecule has 0 fully saturated rings. The molecule has 0 aliphatic carbocycles. The van der Waals surface area contributed by atoms with Gasteiger partial charge in [0.15, 0.2) is 6.04 Å². The van der Waals surface area contributed by atoms with Gasteiger partial charge in [-0.05, 0) is 43.8 Å². The Morgan fingerprint density at radius 3 is 2.85 bits per heavy atom. The Labute approximate surface area is 122 Å². The van der Waals surface area contributed by atoms with Crippen molar-refractivity contribution in [3.05, 3.63) is 21.9 Å². The summed E-state index contributed by atoms with van der Waals surface area (Å²) in [5.41, 5.74) is 0.00471. The van der Waals surface area contributed by atoms with Crippen LogP contribution in [0.15, 0.2) is 11.4 Å². The van der Waals surface area contributed by atoms with E-state index in [9.17, 15) is 14.7 Å². The monoisotopic (exact) mass is 296 g/mol. The van der Waals surface area contributed by atoms with E-state index in [0.29, 0.717) is 13.1 Å². The minimum Gasteiger partial charge on any atom is -0.479 e. The van der Waals surface area contributed by atoms with Gasteiger partial charge in [0.2, 0.25) is 5.91 Å². The number of thiophene rings is 1. The van der Waals surface area contributed by atoms with Crippen LogP contribution in [0.25, 0.3) is 0 Å². The number of carbonyl (C=O) groups excluding carboxylic acids is 1. The van der Waals surface area contributed by atoms with Crippen molar-refractivity contribution in [3.63, 3.8) is 0 Å². The number of aliphatic carboxylic acids is 1. The maximum atomic E-state index is 12.7. The van der Waals surface area contributed by atoms with Gasteiger partial charge in [-0.15, -0.1) is 11.3 Å².